The summed E-state index contributed by atoms with van der Waals surface area (Å²) < 4.78 is 5.45. The van der Waals surface area contributed by atoms with Crippen LogP contribution >= 0.6 is 11.3 Å². The topological polar surface area (TPSA) is 108 Å². The van der Waals surface area contributed by atoms with Gasteiger partial charge in [0.1, 0.15) is 22.2 Å². The largest absolute Gasteiger partial charge is 0.378 e. The molecule has 0 unspecified atom stereocenters. The summed E-state index contributed by atoms with van der Waals surface area (Å²) in [5, 5.41) is 7.76. The van der Waals surface area contributed by atoms with Gasteiger partial charge in [0.25, 0.3) is 5.91 Å². The number of aryl methyl sites for hydroxylation is 2. The van der Waals surface area contributed by atoms with Crippen LogP contribution in [0.5, 0.6) is 0 Å². The van der Waals surface area contributed by atoms with E-state index in [9.17, 15) is 4.79 Å². The summed E-state index contributed by atoms with van der Waals surface area (Å²) in [5.74, 6) is 2.14. The van der Waals surface area contributed by atoms with Crippen LogP contribution in [-0.4, -0.2) is 83.2 Å². The highest BCUT2D eigenvalue weighted by Crippen LogP contribution is 2.36. The van der Waals surface area contributed by atoms with E-state index in [0.29, 0.717) is 24.6 Å². The van der Waals surface area contributed by atoms with Gasteiger partial charge in [-0.3, -0.25) is 9.78 Å². The number of aromatic nitrogens is 4. The zero-order chi connectivity index (χ0) is 26.1. The number of anilines is 3. The van der Waals surface area contributed by atoms with Gasteiger partial charge in [-0.05, 0) is 43.7 Å². The average molecular weight is 531 g/mol. The number of fused-ring (bicyclic) bond motifs is 1. The number of amides is 1. The molecule has 0 bridgehead atoms. The third-order valence-corrected chi connectivity index (χ3v) is 8.12. The maximum absolute atomic E-state index is 13.1. The van der Waals surface area contributed by atoms with Crippen molar-refractivity contribution in [3.8, 4) is 11.4 Å². The Morgan fingerprint density at radius 3 is 2.63 bits per heavy atom. The van der Waals surface area contributed by atoms with E-state index >= 15 is 0 Å². The van der Waals surface area contributed by atoms with Crippen molar-refractivity contribution < 1.29 is 9.53 Å². The van der Waals surface area contributed by atoms with Crippen LogP contribution in [0.1, 0.15) is 20.9 Å². The molecule has 0 radical (unpaired) electrons. The Balaban J connectivity index is 1.33. The van der Waals surface area contributed by atoms with E-state index in [1.54, 1.807) is 23.6 Å². The quantitative estimate of drug-likeness (QED) is 0.401. The highest BCUT2D eigenvalue weighted by atomic mass is 32.1. The monoisotopic (exact) mass is 530 g/mol. The minimum atomic E-state index is -0.0676. The van der Waals surface area contributed by atoms with Gasteiger partial charge in [0, 0.05) is 55.9 Å². The molecule has 196 valence electrons. The second-order valence-electron chi connectivity index (χ2n) is 9.46. The number of thiophene rings is 1. The summed E-state index contributed by atoms with van der Waals surface area (Å²) >= 11 is 1.64. The number of piperazine rings is 1. The van der Waals surface area contributed by atoms with Gasteiger partial charge in [-0.2, -0.15) is 0 Å². The van der Waals surface area contributed by atoms with Crippen molar-refractivity contribution in [2.24, 2.45) is 0 Å². The standard InChI is InChI=1S/C27H30N8O2S/c1-17-18(2)38-26-23(17)25(31-20-3-4-22(30-16-20)34-11-13-37-14-12-34)32-24(33-26)19-5-6-29-21(15-19)27(36)35-9-7-28-8-10-35/h3-6,15-16,28H,7-14H2,1-2H3,(H,31,32,33). The van der Waals surface area contributed by atoms with E-state index in [4.69, 9.17) is 14.7 Å². The van der Waals surface area contributed by atoms with Crippen LogP contribution in [0.25, 0.3) is 21.6 Å². The van der Waals surface area contributed by atoms with Crippen LogP contribution < -0.4 is 15.5 Å². The van der Waals surface area contributed by atoms with Gasteiger partial charge in [-0.15, -0.1) is 11.3 Å². The molecule has 6 rings (SSSR count). The summed E-state index contributed by atoms with van der Waals surface area (Å²) in [6, 6.07) is 7.69. The van der Waals surface area contributed by atoms with Gasteiger partial charge < -0.3 is 25.2 Å². The Labute approximate surface area is 225 Å². The van der Waals surface area contributed by atoms with Crippen LogP contribution in [-0.2, 0) is 4.74 Å². The first-order valence-corrected chi connectivity index (χ1v) is 13.7. The Hall–Kier alpha value is -3.67. The molecular formula is C27H30N8O2S. The summed E-state index contributed by atoms with van der Waals surface area (Å²) in [6.45, 7) is 10.2. The molecule has 1 amide bonds. The number of rotatable bonds is 5. The molecule has 2 saturated heterocycles. The molecule has 0 saturated carbocycles. The number of morpholine rings is 1. The van der Waals surface area contributed by atoms with Crippen LogP contribution in [0.4, 0.5) is 17.3 Å². The molecule has 6 heterocycles. The number of carbonyl (C=O) groups is 1. The van der Waals surface area contributed by atoms with Gasteiger partial charge >= 0.3 is 0 Å². The van der Waals surface area contributed by atoms with Crippen molar-refractivity contribution >= 4 is 44.8 Å². The molecule has 2 N–H and O–H groups in total. The van der Waals surface area contributed by atoms with Gasteiger partial charge in [0.05, 0.1) is 30.5 Å². The molecule has 38 heavy (non-hydrogen) atoms. The van der Waals surface area contributed by atoms with Crippen molar-refractivity contribution in [3.05, 3.63) is 52.8 Å². The molecular weight excluding hydrogens is 500 g/mol. The lowest BCUT2D eigenvalue weighted by molar-refractivity contribution is 0.0730. The minimum Gasteiger partial charge on any atom is -0.378 e. The van der Waals surface area contributed by atoms with Crippen molar-refractivity contribution in [2.75, 3.05) is 62.7 Å². The lowest BCUT2D eigenvalue weighted by atomic mass is 10.1. The van der Waals surface area contributed by atoms with Crippen LogP contribution in [0.3, 0.4) is 0 Å². The molecule has 4 aromatic heterocycles. The molecule has 0 atom stereocenters. The third kappa shape index (κ3) is 4.92. The van der Waals surface area contributed by atoms with Crippen LogP contribution in [0, 0.1) is 13.8 Å². The number of nitrogens with zero attached hydrogens (tertiary/aromatic N) is 6. The molecule has 2 fully saturated rings. The number of pyridine rings is 2. The SMILES string of the molecule is Cc1sc2nc(-c3ccnc(C(=O)N4CCNCC4)c3)nc(Nc3ccc(N4CCOCC4)nc3)c2c1C. The molecule has 0 spiro atoms. The Kier molecular flexibility index (Phi) is 6.88. The van der Waals surface area contributed by atoms with Crippen molar-refractivity contribution in [3.63, 3.8) is 0 Å². The van der Waals surface area contributed by atoms with Gasteiger partial charge in [-0.1, -0.05) is 0 Å². The molecule has 2 aliphatic heterocycles. The first-order chi connectivity index (χ1) is 18.6. The fourth-order valence-corrected chi connectivity index (χ4v) is 5.79. The van der Waals surface area contributed by atoms with Gasteiger partial charge in [-0.25, -0.2) is 15.0 Å². The van der Waals surface area contributed by atoms with Crippen molar-refractivity contribution in [1.82, 2.24) is 30.2 Å². The summed E-state index contributed by atoms with van der Waals surface area (Å²) in [4.78, 5) is 38.1. The number of ether oxygens (including phenoxy) is 1. The maximum atomic E-state index is 13.1. The fourth-order valence-electron chi connectivity index (χ4n) is 4.76. The first-order valence-electron chi connectivity index (χ1n) is 12.9. The third-order valence-electron chi connectivity index (χ3n) is 7.02. The number of nitrogens with one attached hydrogen (secondary N) is 2. The molecule has 2 aliphatic rings. The molecule has 0 aromatic carbocycles. The Morgan fingerprint density at radius 1 is 1.05 bits per heavy atom. The number of carbonyl (C=O) groups excluding carboxylic acids is 1. The minimum absolute atomic E-state index is 0.0676. The Morgan fingerprint density at radius 2 is 1.87 bits per heavy atom. The normalized spacial score (nSPS) is 16.2. The molecule has 10 nitrogen and oxygen atoms in total. The smallest absolute Gasteiger partial charge is 0.272 e. The lowest BCUT2D eigenvalue weighted by Crippen LogP contribution is -2.46. The number of hydrogen-bond acceptors (Lipinski definition) is 10. The molecule has 4 aromatic rings. The fraction of sp³-hybridized carbons (Fsp3) is 0.370. The van der Waals surface area contributed by atoms with E-state index in [-0.39, 0.29) is 5.91 Å². The summed E-state index contributed by atoms with van der Waals surface area (Å²) in [7, 11) is 0. The highest BCUT2D eigenvalue weighted by molar-refractivity contribution is 7.18. The second-order valence-corrected chi connectivity index (χ2v) is 10.7. The lowest BCUT2D eigenvalue weighted by Gasteiger charge is -2.27. The zero-order valence-electron chi connectivity index (χ0n) is 21.5. The first kappa shape index (κ1) is 24.7. The van der Waals surface area contributed by atoms with E-state index in [1.807, 2.05) is 29.3 Å². The summed E-state index contributed by atoms with van der Waals surface area (Å²) in [5.41, 5.74) is 3.17. The van der Waals surface area contributed by atoms with Crippen LogP contribution in [0.15, 0.2) is 36.7 Å². The average Bonchev–Trinajstić information content (AvgIpc) is 3.27. The zero-order valence-corrected chi connectivity index (χ0v) is 22.3. The second kappa shape index (κ2) is 10.6. The van der Waals surface area contributed by atoms with Gasteiger partial charge in [0.15, 0.2) is 5.82 Å². The Bertz CT molecular complexity index is 1460. The van der Waals surface area contributed by atoms with Crippen LogP contribution in [0.2, 0.25) is 0 Å². The predicted molar refractivity (Wildman–Crippen MR) is 149 cm³/mol. The van der Waals surface area contributed by atoms with Crippen molar-refractivity contribution in [2.45, 2.75) is 13.8 Å². The van der Waals surface area contributed by atoms with E-state index in [1.165, 1.54) is 4.88 Å². The van der Waals surface area contributed by atoms with Crippen molar-refractivity contribution in [1.29, 1.82) is 0 Å². The molecule has 0 aliphatic carbocycles. The highest BCUT2D eigenvalue weighted by Gasteiger charge is 2.21. The van der Waals surface area contributed by atoms with Gasteiger partial charge in [0.2, 0.25) is 0 Å². The predicted octanol–water partition coefficient (Wildman–Crippen LogP) is 3.39. The number of hydrogen-bond donors (Lipinski definition) is 2. The molecule has 11 heteroatoms. The van der Waals surface area contributed by atoms with E-state index in [2.05, 4.69) is 39.3 Å². The summed E-state index contributed by atoms with van der Waals surface area (Å²) in [6.07, 6.45) is 3.49. The van der Waals surface area contributed by atoms with E-state index < -0.39 is 0 Å². The maximum Gasteiger partial charge on any atom is 0.272 e. The van der Waals surface area contributed by atoms with E-state index in [0.717, 1.165) is 78.1 Å².